The number of rotatable bonds is 1. The van der Waals surface area contributed by atoms with Gasteiger partial charge in [0, 0.05) is 18.9 Å². The zero-order valence-corrected chi connectivity index (χ0v) is 9.98. The standard InChI is InChI=1S/C16H13O2/c1-2-4-14-12(3-1)10-16(18-14)13-6-5-11-7-8-17-15(11)9-13/h1-3,5-6,9,16H,7-8,10H2. The van der Waals surface area contributed by atoms with E-state index in [0.29, 0.717) is 0 Å². The zero-order valence-electron chi connectivity index (χ0n) is 9.98. The third-order valence-electron chi connectivity index (χ3n) is 3.66. The lowest BCUT2D eigenvalue weighted by Crippen LogP contribution is -2.03. The van der Waals surface area contributed by atoms with Crippen LogP contribution in [-0.4, -0.2) is 6.61 Å². The van der Waals surface area contributed by atoms with Gasteiger partial charge in [-0.1, -0.05) is 30.3 Å². The summed E-state index contributed by atoms with van der Waals surface area (Å²) in [5.74, 6) is 1.92. The van der Waals surface area contributed by atoms with Crippen molar-refractivity contribution in [3.05, 3.63) is 59.2 Å². The summed E-state index contributed by atoms with van der Waals surface area (Å²) in [6.45, 7) is 0.804. The summed E-state index contributed by atoms with van der Waals surface area (Å²) in [6, 6.07) is 15.6. The second-order valence-corrected chi connectivity index (χ2v) is 4.80. The molecule has 2 aromatic carbocycles. The first-order valence-corrected chi connectivity index (χ1v) is 6.32. The molecule has 1 atom stereocenters. The maximum absolute atomic E-state index is 5.94. The molecule has 2 heteroatoms. The van der Waals surface area contributed by atoms with Crippen LogP contribution in [0.3, 0.4) is 0 Å². The van der Waals surface area contributed by atoms with E-state index in [1.54, 1.807) is 0 Å². The van der Waals surface area contributed by atoms with E-state index in [9.17, 15) is 0 Å². The van der Waals surface area contributed by atoms with Gasteiger partial charge in [-0.15, -0.1) is 0 Å². The van der Waals surface area contributed by atoms with Crippen LogP contribution in [0.15, 0.2) is 36.4 Å². The predicted octanol–water partition coefficient (Wildman–Crippen LogP) is 3.10. The first kappa shape index (κ1) is 10.0. The fourth-order valence-corrected chi connectivity index (χ4v) is 2.68. The Balaban J connectivity index is 1.66. The van der Waals surface area contributed by atoms with Crippen LogP contribution < -0.4 is 9.47 Å². The highest BCUT2D eigenvalue weighted by Crippen LogP contribution is 2.38. The van der Waals surface area contributed by atoms with Crippen LogP contribution in [0, 0.1) is 6.07 Å². The summed E-state index contributed by atoms with van der Waals surface area (Å²) in [7, 11) is 0. The molecule has 0 saturated heterocycles. The molecule has 0 amide bonds. The van der Waals surface area contributed by atoms with Crippen molar-refractivity contribution in [1.82, 2.24) is 0 Å². The van der Waals surface area contributed by atoms with Gasteiger partial charge in [0.15, 0.2) is 0 Å². The van der Waals surface area contributed by atoms with E-state index in [-0.39, 0.29) is 6.10 Å². The molecule has 2 aromatic rings. The molecule has 0 fully saturated rings. The first-order chi connectivity index (χ1) is 8.90. The van der Waals surface area contributed by atoms with Gasteiger partial charge in [-0.05, 0) is 22.8 Å². The van der Waals surface area contributed by atoms with E-state index in [1.165, 1.54) is 16.7 Å². The van der Waals surface area contributed by atoms with Gasteiger partial charge >= 0.3 is 0 Å². The van der Waals surface area contributed by atoms with E-state index in [0.717, 1.165) is 30.9 Å². The second kappa shape index (κ2) is 3.77. The van der Waals surface area contributed by atoms with Gasteiger partial charge < -0.3 is 9.47 Å². The number of hydrogen-bond donors (Lipinski definition) is 0. The van der Waals surface area contributed by atoms with Crippen LogP contribution in [0.1, 0.15) is 22.8 Å². The quantitative estimate of drug-likeness (QED) is 0.758. The molecule has 0 N–H and O–H groups in total. The monoisotopic (exact) mass is 237 g/mol. The van der Waals surface area contributed by atoms with Gasteiger partial charge in [0.2, 0.25) is 0 Å². The lowest BCUT2D eigenvalue weighted by atomic mass is 10.0. The molecule has 2 nitrogen and oxygen atoms in total. The molecule has 0 aromatic heterocycles. The molecular formula is C16H13O2. The Morgan fingerprint density at radius 2 is 2.17 bits per heavy atom. The molecule has 18 heavy (non-hydrogen) atoms. The summed E-state index contributed by atoms with van der Waals surface area (Å²) >= 11 is 0. The van der Waals surface area contributed by atoms with Crippen LogP contribution in [0.2, 0.25) is 0 Å². The van der Waals surface area contributed by atoms with Gasteiger partial charge in [-0.2, -0.15) is 0 Å². The molecule has 0 bridgehead atoms. The first-order valence-electron chi connectivity index (χ1n) is 6.32. The summed E-state index contributed by atoms with van der Waals surface area (Å²) < 4.78 is 11.6. The minimum atomic E-state index is 0.105. The van der Waals surface area contributed by atoms with Gasteiger partial charge in [0.1, 0.15) is 17.6 Å². The minimum absolute atomic E-state index is 0.105. The van der Waals surface area contributed by atoms with E-state index in [4.69, 9.17) is 9.47 Å². The molecule has 1 unspecified atom stereocenters. The van der Waals surface area contributed by atoms with E-state index < -0.39 is 0 Å². The van der Waals surface area contributed by atoms with Gasteiger partial charge in [-0.25, -0.2) is 0 Å². The summed E-state index contributed by atoms with van der Waals surface area (Å²) in [6.07, 6.45) is 2.05. The van der Waals surface area contributed by atoms with Crippen molar-refractivity contribution >= 4 is 0 Å². The van der Waals surface area contributed by atoms with Crippen molar-refractivity contribution in [2.24, 2.45) is 0 Å². The Bertz CT molecular complexity index is 579. The zero-order chi connectivity index (χ0) is 11.9. The molecule has 0 aliphatic carbocycles. The highest BCUT2D eigenvalue weighted by molar-refractivity contribution is 5.44. The van der Waals surface area contributed by atoms with E-state index in [2.05, 4.69) is 30.3 Å². The van der Waals surface area contributed by atoms with Crippen LogP contribution in [0.4, 0.5) is 0 Å². The average Bonchev–Trinajstić information content (AvgIpc) is 3.04. The van der Waals surface area contributed by atoms with E-state index >= 15 is 0 Å². The lowest BCUT2D eigenvalue weighted by molar-refractivity contribution is 0.237. The Kier molecular flexibility index (Phi) is 2.10. The number of fused-ring (bicyclic) bond motifs is 2. The highest BCUT2D eigenvalue weighted by atomic mass is 16.5. The topological polar surface area (TPSA) is 18.5 Å². The predicted molar refractivity (Wildman–Crippen MR) is 68.0 cm³/mol. The maximum Gasteiger partial charge on any atom is 0.131 e. The Labute approximate surface area is 106 Å². The number of para-hydroxylation sites is 1. The van der Waals surface area contributed by atoms with Crippen molar-refractivity contribution in [1.29, 1.82) is 0 Å². The van der Waals surface area contributed by atoms with E-state index in [1.807, 2.05) is 12.1 Å². The van der Waals surface area contributed by atoms with Crippen molar-refractivity contribution < 1.29 is 9.47 Å². The lowest BCUT2D eigenvalue weighted by Gasteiger charge is -2.12. The Morgan fingerprint density at radius 1 is 1.17 bits per heavy atom. The van der Waals surface area contributed by atoms with Crippen LogP contribution in [-0.2, 0) is 12.8 Å². The summed E-state index contributed by atoms with van der Waals surface area (Å²) in [5, 5.41) is 0. The number of ether oxygens (including phenoxy) is 2. The molecule has 0 saturated carbocycles. The van der Waals surface area contributed by atoms with Crippen molar-refractivity contribution in [2.45, 2.75) is 18.9 Å². The number of hydrogen-bond acceptors (Lipinski definition) is 2. The van der Waals surface area contributed by atoms with Crippen molar-refractivity contribution in [3.63, 3.8) is 0 Å². The van der Waals surface area contributed by atoms with Gasteiger partial charge in [0.25, 0.3) is 0 Å². The number of benzene rings is 2. The molecule has 4 rings (SSSR count). The summed E-state index contributed by atoms with van der Waals surface area (Å²) in [4.78, 5) is 0. The fraction of sp³-hybridized carbons (Fsp3) is 0.250. The van der Waals surface area contributed by atoms with Gasteiger partial charge in [0.05, 0.1) is 6.61 Å². The Hall–Kier alpha value is -1.96. The average molecular weight is 237 g/mol. The molecule has 2 heterocycles. The SMILES string of the molecule is [c]1cccc2c1OC(c1ccc3c(c1)OCC3)C2. The summed E-state index contributed by atoms with van der Waals surface area (Å²) in [5.41, 5.74) is 3.74. The molecule has 0 spiro atoms. The third kappa shape index (κ3) is 1.49. The molecule has 1 radical (unpaired) electrons. The second-order valence-electron chi connectivity index (χ2n) is 4.80. The largest absolute Gasteiger partial charge is 0.493 e. The third-order valence-corrected chi connectivity index (χ3v) is 3.66. The minimum Gasteiger partial charge on any atom is -0.493 e. The molecule has 2 aliphatic heterocycles. The Morgan fingerprint density at radius 3 is 3.11 bits per heavy atom. The normalized spacial score (nSPS) is 19.9. The van der Waals surface area contributed by atoms with Crippen molar-refractivity contribution in [3.8, 4) is 11.5 Å². The van der Waals surface area contributed by atoms with Crippen LogP contribution >= 0.6 is 0 Å². The van der Waals surface area contributed by atoms with Gasteiger partial charge in [-0.3, -0.25) is 0 Å². The maximum atomic E-state index is 5.94. The highest BCUT2D eigenvalue weighted by Gasteiger charge is 2.25. The molecule has 2 aliphatic rings. The molecule has 89 valence electrons. The molecular weight excluding hydrogens is 224 g/mol. The smallest absolute Gasteiger partial charge is 0.131 e. The fourth-order valence-electron chi connectivity index (χ4n) is 2.68. The van der Waals surface area contributed by atoms with Crippen molar-refractivity contribution in [2.75, 3.05) is 6.61 Å². The van der Waals surface area contributed by atoms with Crippen LogP contribution in [0.5, 0.6) is 11.5 Å². The van der Waals surface area contributed by atoms with Crippen LogP contribution in [0.25, 0.3) is 0 Å².